The zero-order valence-corrected chi connectivity index (χ0v) is 15.3. The van der Waals surface area contributed by atoms with Crippen LogP contribution in [0.2, 0.25) is 5.02 Å². The fraction of sp³-hybridized carbons (Fsp3) is 0.579. The van der Waals surface area contributed by atoms with Gasteiger partial charge >= 0.3 is 0 Å². The van der Waals surface area contributed by atoms with Crippen LogP contribution in [0.3, 0.4) is 0 Å². The number of carbonyl (C=O) groups is 2. The molecule has 1 aliphatic heterocycles. The largest absolute Gasteiger partial charge is 0.375 e. The number of amides is 2. The van der Waals surface area contributed by atoms with Gasteiger partial charge in [-0.2, -0.15) is 0 Å². The maximum absolute atomic E-state index is 12.6. The van der Waals surface area contributed by atoms with Gasteiger partial charge in [0, 0.05) is 36.7 Å². The van der Waals surface area contributed by atoms with E-state index in [-0.39, 0.29) is 29.9 Å². The van der Waals surface area contributed by atoms with E-state index in [4.69, 9.17) is 16.3 Å². The Kier molecular flexibility index (Phi) is 5.64. The van der Waals surface area contributed by atoms with Crippen molar-refractivity contribution in [3.63, 3.8) is 0 Å². The molecule has 0 aromatic heterocycles. The second kappa shape index (κ2) is 7.75. The van der Waals surface area contributed by atoms with E-state index in [1.54, 1.807) is 4.90 Å². The molecule has 25 heavy (non-hydrogen) atoms. The average molecular weight is 365 g/mol. The highest BCUT2D eigenvalue weighted by atomic mass is 35.5. The highest BCUT2D eigenvalue weighted by Gasteiger charge is 2.45. The van der Waals surface area contributed by atoms with Gasteiger partial charge < -0.3 is 15.0 Å². The van der Waals surface area contributed by atoms with Crippen LogP contribution >= 0.6 is 11.6 Å². The molecule has 0 bridgehead atoms. The number of piperidine rings is 1. The Bertz CT molecular complexity index is 620. The smallest absolute Gasteiger partial charge is 0.248 e. The van der Waals surface area contributed by atoms with Crippen LogP contribution in [0.25, 0.3) is 0 Å². The summed E-state index contributed by atoms with van der Waals surface area (Å²) in [6, 6.07) is 7.83. The van der Waals surface area contributed by atoms with Crippen molar-refractivity contribution in [2.24, 2.45) is 5.92 Å². The molecule has 0 radical (unpaired) electrons. The molecule has 1 N–H and O–H groups in total. The van der Waals surface area contributed by atoms with E-state index in [1.807, 2.05) is 24.3 Å². The zero-order chi connectivity index (χ0) is 17.9. The summed E-state index contributed by atoms with van der Waals surface area (Å²) in [5.41, 5.74) is 1.11. The van der Waals surface area contributed by atoms with Crippen LogP contribution < -0.4 is 5.32 Å². The van der Waals surface area contributed by atoms with Crippen LogP contribution in [0.1, 0.15) is 31.2 Å². The van der Waals surface area contributed by atoms with E-state index < -0.39 is 0 Å². The average Bonchev–Trinajstić information content (AvgIpc) is 3.36. The predicted octanol–water partition coefficient (Wildman–Crippen LogP) is 2.42. The number of benzene rings is 1. The lowest BCUT2D eigenvalue weighted by Crippen LogP contribution is -2.47. The number of methoxy groups -OCH3 is 1. The highest BCUT2D eigenvalue weighted by molar-refractivity contribution is 6.30. The van der Waals surface area contributed by atoms with Gasteiger partial charge in [0.1, 0.15) is 6.61 Å². The molecule has 1 saturated carbocycles. The summed E-state index contributed by atoms with van der Waals surface area (Å²) < 4.78 is 4.89. The molecular weight excluding hydrogens is 340 g/mol. The fourth-order valence-electron chi connectivity index (χ4n) is 3.46. The van der Waals surface area contributed by atoms with Crippen molar-refractivity contribution in [2.45, 2.75) is 37.6 Å². The zero-order valence-electron chi connectivity index (χ0n) is 14.6. The second-order valence-electron chi connectivity index (χ2n) is 7.16. The number of hydrogen-bond donors (Lipinski definition) is 1. The van der Waals surface area contributed by atoms with Crippen LogP contribution in [0.15, 0.2) is 24.3 Å². The number of nitrogens with zero attached hydrogens (tertiary/aromatic N) is 1. The van der Waals surface area contributed by atoms with Crippen LogP contribution in [-0.4, -0.2) is 49.1 Å². The van der Waals surface area contributed by atoms with Gasteiger partial charge in [0.2, 0.25) is 11.8 Å². The molecule has 0 spiro atoms. The number of carbonyl (C=O) groups excluding carboxylic acids is 2. The SMILES string of the molecule is COCC(=O)N1CCC(C(=O)NC2(Cc3ccc(Cl)cc3)CC2)CC1. The lowest BCUT2D eigenvalue weighted by Gasteiger charge is -2.32. The number of halogens is 1. The van der Waals surface area contributed by atoms with E-state index in [2.05, 4.69) is 5.32 Å². The van der Waals surface area contributed by atoms with E-state index in [9.17, 15) is 9.59 Å². The molecule has 1 aromatic carbocycles. The van der Waals surface area contributed by atoms with Crippen LogP contribution in [-0.2, 0) is 20.7 Å². The minimum absolute atomic E-state index is 0.00256. The number of ether oxygens (including phenoxy) is 1. The summed E-state index contributed by atoms with van der Waals surface area (Å²) >= 11 is 5.93. The van der Waals surface area contributed by atoms with Gasteiger partial charge in [-0.3, -0.25) is 9.59 Å². The van der Waals surface area contributed by atoms with Gasteiger partial charge in [0.25, 0.3) is 0 Å². The van der Waals surface area contributed by atoms with Crippen molar-refractivity contribution < 1.29 is 14.3 Å². The summed E-state index contributed by atoms with van der Waals surface area (Å²) in [6.45, 7) is 1.37. The van der Waals surface area contributed by atoms with Crippen molar-refractivity contribution in [1.29, 1.82) is 0 Å². The molecule has 1 aliphatic carbocycles. The van der Waals surface area contributed by atoms with Gasteiger partial charge in [-0.15, -0.1) is 0 Å². The minimum atomic E-state index is -0.0894. The van der Waals surface area contributed by atoms with Crippen LogP contribution in [0, 0.1) is 5.92 Å². The normalized spacial score (nSPS) is 19.5. The third-order valence-electron chi connectivity index (χ3n) is 5.18. The first-order chi connectivity index (χ1) is 12.0. The Labute approximate surface area is 153 Å². The van der Waals surface area contributed by atoms with Crippen molar-refractivity contribution in [3.8, 4) is 0 Å². The third-order valence-corrected chi connectivity index (χ3v) is 5.44. The van der Waals surface area contributed by atoms with Crippen LogP contribution in [0.4, 0.5) is 0 Å². The number of rotatable bonds is 6. The van der Waals surface area contributed by atoms with Crippen molar-refractivity contribution in [1.82, 2.24) is 10.2 Å². The maximum atomic E-state index is 12.6. The fourth-order valence-corrected chi connectivity index (χ4v) is 3.59. The number of likely N-dealkylation sites (tertiary alicyclic amines) is 1. The lowest BCUT2D eigenvalue weighted by molar-refractivity contribution is -0.139. The summed E-state index contributed by atoms with van der Waals surface area (Å²) in [5.74, 6) is 0.127. The van der Waals surface area contributed by atoms with Gasteiger partial charge in [0.05, 0.1) is 0 Å². The van der Waals surface area contributed by atoms with E-state index in [0.717, 1.165) is 37.1 Å². The van der Waals surface area contributed by atoms with Crippen LogP contribution in [0.5, 0.6) is 0 Å². The topological polar surface area (TPSA) is 58.6 Å². The molecule has 5 nitrogen and oxygen atoms in total. The Balaban J connectivity index is 1.49. The molecule has 2 fully saturated rings. The third kappa shape index (κ3) is 4.73. The van der Waals surface area contributed by atoms with Gasteiger partial charge in [-0.25, -0.2) is 0 Å². The molecular formula is C19H25ClN2O3. The standard InChI is InChI=1S/C19H25ClN2O3/c1-25-13-17(23)22-10-6-15(7-11-22)18(24)21-19(8-9-19)12-14-2-4-16(20)5-3-14/h2-5,15H,6-13H2,1H3,(H,21,24). The minimum Gasteiger partial charge on any atom is -0.375 e. The molecule has 1 aromatic rings. The monoisotopic (exact) mass is 364 g/mol. The van der Waals surface area contributed by atoms with Gasteiger partial charge in [-0.1, -0.05) is 23.7 Å². The number of nitrogens with one attached hydrogen (secondary N) is 1. The molecule has 1 saturated heterocycles. The summed E-state index contributed by atoms with van der Waals surface area (Å²) in [7, 11) is 1.52. The Morgan fingerprint density at radius 1 is 1.24 bits per heavy atom. The Hall–Kier alpha value is -1.59. The molecule has 3 rings (SSSR count). The van der Waals surface area contributed by atoms with Crippen molar-refractivity contribution in [2.75, 3.05) is 26.8 Å². The molecule has 136 valence electrons. The summed E-state index contributed by atoms with van der Waals surface area (Å²) in [4.78, 5) is 26.3. The first kappa shape index (κ1) is 18.2. The lowest BCUT2D eigenvalue weighted by atomic mass is 9.94. The Morgan fingerprint density at radius 2 is 1.88 bits per heavy atom. The highest BCUT2D eigenvalue weighted by Crippen LogP contribution is 2.39. The Morgan fingerprint density at radius 3 is 2.44 bits per heavy atom. The van der Waals surface area contributed by atoms with Gasteiger partial charge in [0.15, 0.2) is 0 Å². The van der Waals surface area contributed by atoms with Crippen molar-refractivity contribution in [3.05, 3.63) is 34.9 Å². The number of hydrogen-bond acceptors (Lipinski definition) is 3. The quantitative estimate of drug-likeness (QED) is 0.843. The predicted molar refractivity (Wildman–Crippen MR) is 96.4 cm³/mol. The summed E-state index contributed by atoms with van der Waals surface area (Å²) in [6.07, 6.45) is 4.33. The van der Waals surface area contributed by atoms with Crippen molar-refractivity contribution >= 4 is 23.4 Å². The molecule has 1 heterocycles. The van der Waals surface area contributed by atoms with E-state index >= 15 is 0 Å². The first-order valence-electron chi connectivity index (χ1n) is 8.84. The second-order valence-corrected chi connectivity index (χ2v) is 7.60. The molecule has 2 amide bonds. The van der Waals surface area contributed by atoms with Gasteiger partial charge in [-0.05, 0) is 49.8 Å². The maximum Gasteiger partial charge on any atom is 0.248 e. The molecule has 6 heteroatoms. The first-order valence-corrected chi connectivity index (χ1v) is 9.22. The summed E-state index contributed by atoms with van der Waals surface area (Å²) in [5, 5.41) is 4.00. The molecule has 0 atom stereocenters. The van der Waals surface area contributed by atoms with E-state index in [0.29, 0.717) is 13.1 Å². The molecule has 0 unspecified atom stereocenters. The molecule has 2 aliphatic rings. The van der Waals surface area contributed by atoms with E-state index in [1.165, 1.54) is 12.7 Å².